The fourth-order valence-electron chi connectivity index (χ4n) is 3.72. The Morgan fingerprint density at radius 1 is 1.20 bits per heavy atom. The van der Waals surface area contributed by atoms with Gasteiger partial charge in [0, 0.05) is 10.8 Å². The molecule has 0 amide bonds. The monoisotopic (exact) mass is 213 g/mol. The van der Waals surface area contributed by atoms with Crippen LogP contribution in [0.2, 0.25) is 0 Å². The molecule has 2 N–H and O–H groups in total. The standard InChI is InChI=1S/C11H18O4/c1-9(2)10(3)4-5-11(9,8(14)15)7(13)6(10)12/h6-7,12-13H,4-5H2,1-3H3,(H,14,15)/p-1/t6-,7+,10-,11+/m0/s1. The zero-order valence-electron chi connectivity index (χ0n) is 9.28. The summed E-state index contributed by atoms with van der Waals surface area (Å²) in [5.74, 6) is -1.24. The second kappa shape index (κ2) is 2.55. The summed E-state index contributed by atoms with van der Waals surface area (Å²) in [5, 5.41) is 31.2. The molecule has 0 saturated heterocycles. The topological polar surface area (TPSA) is 80.6 Å². The van der Waals surface area contributed by atoms with E-state index in [-0.39, 0.29) is 0 Å². The number of hydrogen-bond donors (Lipinski definition) is 2. The summed E-state index contributed by atoms with van der Waals surface area (Å²) in [5.41, 5.74) is -2.47. The van der Waals surface area contributed by atoms with Crippen LogP contribution in [0, 0.1) is 16.2 Å². The van der Waals surface area contributed by atoms with Gasteiger partial charge in [-0.1, -0.05) is 20.8 Å². The first-order valence-electron chi connectivity index (χ1n) is 5.29. The lowest BCUT2D eigenvalue weighted by Gasteiger charge is -2.42. The van der Waals surface area contributed by atoms with E-state index in [1.807, 2.05) is 6.92 Å². The predicted octanol–water partition coefficient (Wildman–Crippen LogP) is -0.716. The molecule has 0 unspecified atom stereocenters. The Hall–Kier alpha value is -0.610. The summed E-state index contributed by atoms with van der Waals surface area (Å²) >= 11 is 0. The molecule has 4 heteroatoms. The molecule has 0 radical (unpaired) electrons. The summed E-state index contributed by atoms with van der Waals surface area (Å²) in [4.78, 5) is 11.3. The molecule has 2 aliphatic rings. The first-order chi connectivity index (χ1) is 6.72. The molecule has 0 spiro atoms. The van der Waals surface area contributed by atoms with E-state index in [4.69, 9.17) is 0 Å². The second-order valence-corrected chi connectivity index (χ2v) is 5.69. The highest BCUT2D eigenvalue weighted by atomic mass is 16.4. The third-order valence-electron chi connectivity index (χ3n) is 5.40. The highest BCUT2D eigenvalue weighted by Crippen LogP contribution is 2.71. The number of hydrogen-bond acceptors (Lipinski definition) is 4. The van der Waals surface area contributed by atoms with Crippen molar-refractivity contribution in [3.05, 3.63) is 0 Å². The van der Waals surface area contributed by atoms with E-state index in [1.165, 1.54) is 0 Å². The van der Waals surface area contributed by atoms with Crippen LogP contribution in [-0.2, 0) is 4.79 Å². The van der Waals surface area contributed by atoms with Crippen LogP contribution in [0.15, 0.2) is 0 Å². The number of aliphatic carboxylic acids is 1. The molecule has 86 valence electrons. The average molecular weight is 213 g/mol. The molecule has 2 rings (SSSR count). The van der Waals surface area contributed by atoms with Crippen LogP contribution in [0.3, 0.4) is 0 Å². The Bertz CT molecular complexity index is 325. The molecule has 2 saturated carbocycles. The van der Waals surface area contributed by atoms with Crippen molar-refractivity contribution in [1.29, 1.82) is 0 Å². The third-order valence-corrected chi connectivity index (χ3v) is 5.40. The molecule has 0 aromatic heterocycles. The number of carboxylic acid groups (broad SMARTS) is 1. The van der Waals surface area contributed by atoms with Crippen LogP contribution in [-0.4, -0.2) is 28.4 Å². The minimum atomic E-state index is -1.29. The number of rotatable bonds is 1. The van der Waals surface area contributed by atoms with Gasteiger partial charge in [-0.25, -0.2) is 0 Å². The second-order valence-electron chi connectivity index (χ2n) is 5.69. The molecule has 0 aliphatic heterocycles. The fourth-order valence-corrected chi connectivity index (χ4v) is 3.72. The van der Waals surface area contributed by atoms with Crippen molar-refractivity contribution in [2.45, 2.75) is 45.8 Å². The maximum atomic E-state index is 11.3. The van der Waals surface area contributed by atoms with Crippen LogP contribution < -0.4 is 5.11 Å². The van der Waals surface area contributed by atoms with Gasteiger partial charge in [-0.2, -0.15) is 0 Å². The summed E-state index contributed by atoms with van der Waals surface area (Å²) in [6.45, 7) is 5.45. The van der Waals surface area contributed by atoms with Crippen molar-refractivity contribution >= 4 is 5.97 Å². The zero-order chi connectivity index (χ0) is 11.6. The molecule has 4 atom stereocenters. The quantitative estimate of drug-likeness (QED) is 0.602. The summed E-state index contributed by atoms with van der Waals surface area (Å²) in [6.07, 6.45) is -1.18. The number of carbonyl (C=O) groups is 1. The molecule has 0 aromatic carbocycles. The molecular weight excluding hydrogens is 196 g/mol. The fraction of sp³-hybridized carbons (Fsp3) is 0.909. The number of fused-ring (bicyclic) bond motifs is 2. The molecule has 2 bridgehead atoms. The van der Waals surface area contributed by atoms with Gasteiger partial charge in [0.2, 0.25) is 0 Å². The van der Waals surface area contributed by atoms with Gasteiger partial charge in [-0.15, -0.1) is 0 Å². The van der Waals surface area contributed by atoms with Crippen molar-refractivity contribution in [1.82, 2.24) is 0 Å². The van der Waals surface area contributed by atoms with E-state index in [9.17, 15) is 20.1 Å². The van der Waals surface area contributed by atoms with Crippen LogP contribution in [0.1, 0.15) is 33.6 Å². The molecule has 2 aliphatic carbocycles. The largest absolute Gasteiger partial charge is 0.549 e. The Morgan fingerprint density at radius 2 is 1.73 bits per heavy atom. The number of carboxylic acids is 1. The summed E-state index contributed by atoms with van der Waals surface area (Å²) in [7, 11) is 0. The lowest BCUT2D eigenvalue weighted by molar-refractivity contribution is -0.328. The molecule has 2 fully saturated rings. The number of carbonyl (C=O) groups excluding carboxylic acids is 1. The SMILES string of the molecule is CC1(C)[C@@]2(C)CC[C@]1(C(=O)[O-])[C@H](O)[C@@H]2O. The summed E-state index contributed by atoms with van der Waals surface area (Å²) < 4.78 is 0. The van der Waals surface area contributed by atoms with Gasteiger partial charge in [0.05, 0.1) is 18.2 Å². The van der Waals surface area contributed by atoms with E-state index < -0.39 is 34.4 Å². The van der Waals surface area contributed by atoms with E-state index >= 15 is 0 Å². The van der Waals surface area contributed by atoms with Gasteiger partial charge in [0.15, 0.2) is 0 Å². The number of aliphatic hydroxyl groups excluding tert-OH is 2. The number of aliphatic hydroxyl groups is 2. The zero-order valence-corrected chi connectivity index (χ0v) is 9.28. The van der Waals surface area contributed by atoms with Gasteiger partial charge in [0.1, 0.15) is 0 Å². The lowest BCUT2D eigenvalue weighted by atomic mass is 9.64. The Labute approximate surface area is 88.9 Å². The molecule has 15 heavy (non-hydrogen) atoms. The molecule has 0 aromatic rings. The predicted molar refractivity (Wildman–Crippen MR) is 50.6 cm³/mol. The highest BCUT2D eigenvalue weighted by Gasteiger charge is 2.74. The van der Waals surface area contributed by atoms with E-state index in [2.05, 4.69) is 0 Å². The van der Waals surface area contributed by atoms with Crippen molar-refractivity contribution in [2.75, 3.05) is 0 Å². The van der Waals surface area contributed by atoms with Crippen molar-refractivity contribution in [3.8, 4) is 0 Å². The third kappa shape index (κ3) is 0.807. The van der Waals surface area contributed by atoms with Crippen LogP contribution in [0.25, 0.3) is 0 Å². The van der Waals surface area contributed by atoms with Crippen LogP contribution >= 0.6 is 0 Å². The van der Waals surface area contributed by atoms with Crippen molar-refractivity contribution < 1.29 is 20.1 Å². The normalized spacial score (nSPS) is 52.1. The highest BCUT2D eigenvalue weighted by molar-refractivity contribution is 5.77. The molecule has 0 heterocycles. The smallest absolute Gasteiger partial charge is 0.0918 e. The Balaban J connectivity index is 2.62. The van der Waals surface area contributed by atoms with Gasteiger partial charge in [-0.05, 0) is 18.3 Å². The first-order valence-corrected chi connectivity index (χ1v) is 5.29. The minimum Gasteiger partial charge on any atom is -0.549 e. The van der Waals surface area contributed by atoms with Crippen molar-refractivity contribution in [3.63, 3.8) is 0 Å². The average Bonchev–Trinajstić information content (AvgIpc) is 2.39. The van der Waals surface area contributed by atoms with E-state index in [0.717, 1.165) is 0 Å². The van der Waals surface area contributed by atoms with Crippen LogP contribution in [0.5, 0.6) is 0 Å². The van der Waals surface area contributed by atoms with Gasteiger partial charge >= 0.3 is 0 Å². The van der Waals surface area contributed by atoms with E-state index in [1.54, 1.807) is 13.8 Å². The Kier molecular flexibility index (Phi) is 1.85. The maximum Gasteiger partial charge on any atom is 0.0918 e. The first kappa shape index (κ1) is 10.9. The van der Waals surface area contributed by atoms with Gasteiger partial charge < -0.3 is 20.1 Å². The van der Waals surface area contributed by atoms with Gasteiger partial charge in [-0.3, -0.25) is 0 Å². The molecular formula is C11H17O4-. The van der Waals surface area contributed by atoms with E-state index in [0.29, 0.717) is 12.8 Å². The maximum absolute atomic E-state index is 11.3. The summed E-state index contributed by atoms with van der Waals surface area (Å²) in [6, 6.07) is 0. The minimum absolute atomic E-state index is 0.386. The van der Waals surface area contributed by atoms with Crippen molar-refractivity contribution in [2.24, 2.45) is 16.2 Å². The lowest BCUT2D eigenvalue weighted by Crippen LogP contribution is -2.54. The Morgan fingerprint density at radius 3 is 2.00 bits per heavy atom. The van der Waals surface area contributed by atoms with Crippen LogP contribution in [0.4, 0.5) is 0 Å². The molecule has 4 nitrogen and oxygen atoms in total. The van der Waals surface area contributed by atoms with Gasteiger partial charge in [0.25, 0.3) is 0 Å².